The highest BCUT2D eigenvalue weighted by atomic mass is 35.5. The SMILES string of the molecule is Cl.Fc1cccc(COc2ccc(Nc3ncnc4ccccc34)cc2Cl)c1. The van der Waals surface area contributed by atoms with Crippen molar-refractivity contribution in [2.45, 2.75) is 6.61 Å². The molecule has 0 fully saturated rings. The van der Waals surface area contributed by atoms with Crippen molar-refractivity contribution >= 4 is 46.4 Å². The van der Waals surface area contributed by atoms with Crippen LogP contribution in [0.4, 0.5) is 15.9 Å². The molecule has 0 spiro atoms. The van der Waals surface area contributed by atoms with Gasteiger partial charge < -0.3 is 10.1 Å². The summed E-state index contributed by atoms with van der Waals surface area (Å²) in [5, 5.41) is 4.63. The van der Waals surface area contributed by atoms with Crippen LogP contribution in [-0.4, -0.2) is 9.97 Å². The zero-order valence-corrected chi connectivity index (χ0v) is 16.2. The Morgan fingerprint density at radius 1 is 0.964 bits per heavy atom. The first kappa shape index (κ1) is 19.9. The van der Waals surface area contributed by atoms with Gasteiger partial charge in [-0.25, -0.2) is 14.4 Å². The zero-order chi connectivity index (χ0) is 18.6. The molecular weight excluding hydrogens is 400 g/mol. The van der Waals surface area contributed by atoms with Gasteiger partial charge in [0.2, 0.25) is 0 Å². The smallest absolute Gasteiger partial charge is 0.141 e. The van der Waals surface area contributed by atoms with Crippen LogP contribution < -0.4 is 10.1 Å². The highest BCUT2D eigenvalue weighted by molar-refractivity contribution is 6.32. The predicted octanol–water partition coefficient (Wildman–Crippen LogP) is 6.17. The number of rotatable bonds is 5. The Labute approximate surface area is 172 Å². The van der Waals surface area contributed by atoms with E-state index in [1.807, 2.05) is 30.3 Å². The van der Waals surface area contributed by atoms with Gasteiger partial charge in [-0.3, -0.25) is 0 Å². The minimum Gasteiger partial charge on any atom is -0.487 e. The molecule has 0 saturated carbocycles. The van der Waals surface area contributed by atoms with Gasteiger partial charge in [0.25, 0.3) is 0 Å². The first-order valence-corrected chi connectivity index (χ1v) is 8.70. The van der Waals surface area contributed by atoms with Crippen LogP contribution in [0, 0.1) is 5.82 Å². The minimum atomic E-state index is -0.293. The molecule has 0 radical (unpaired) electrons. The van der Waals surface area contributed by atoms with E-state index in [1.54, 1.807) is 24.3 Å². The number of ether oxygens (including phenoxy) is 1. The van der Waals surface area contributed by atoms with Gasteiger partial charge in [-0.2, -0.15) is 0 Å². The summed E-state index contributed by atoms with van der Waals surface area (Å²) in [4.78, 5) is 8.56. The molecule has 7 heteroatoms. The highest BCUT2D eigenvalue weighted by Crippen LogP contribution is 2.30. The summed E-state index contributed by atoms with van der Waals surface area (Å²) in [6.07, 6.45) is 1.52. The minimum absolute atomic E-state index is 0. The lowest BCUT2D eigenvalue weighted by molar-refractivity contribution is 0.306. The number of benzene rings is 3. The summed E-state index contributed by atoms with van der Waals surface area (Å²) in [5.41, 5.74) is 2.37. The van der Waals surface area contributed by atoms with Crippen LogP contribution in [0.1, 0.15) is 5.56 Å². The fourth-order valence-electron chi connectivity index (χ4n) is 2.72. The monoisotopic (exact) mass is 415 g/mol. The number of hydrogen-bond acceptors (Lipinski definition) is 4. The lowest BCUT2D eigenvalue weighted by Crippen LogP contribution is -1.98. The molecule has 1 N–H and O–H groups in total. The van der Waals surface area contributed by atoms with Gasteiger partial charge in [-0.1, -0.05) is 35.9 Å². The van der Waals surface area contributed by atoms with Crippen molar-refractivity contribution in [1.29, 1.82) is 0 Å². The first-order valence-electron chi connectivity index (χ1n) is 8.32. The van der Waals surface area contributed by atoms with E-state index in [1.165, 1.54) is 18.5 Å². The average Bonchev–Trinajstić information content (AvgIpc) is 2.68. The maximum atomic E-state index is 13.2. The third kappa shape index (κ3) is 4.50. The Morgan fingerprint density at radius 2 is 1.82 bits per heavy atom. The Balaban J connectivity index is 0.00000225. The van der Waals surface area contributed by atoms with Crippen LogP contribution in [0.25, 0.3) is 10.9 Å². The Kier molecular flexibility index (Phi) is 6.29. The van der Waals surface area contributed by atoms with Crippen LogP contribution >= 0.6 is 24.0 Å². The van der Waals surface area contributed by atoms with Gasteiger partial charge in [0.1, 0.15) is 30.3 Å². The molecule has 142 valence electrons. The average molecular weight is 416 g/mol. The van der Waals surface area contributed by atoms with Gasteiger partial charge in [-0.15, -0.1) is 12.4 Å². The molecule has 0 aliphatic rings. The lowest BCUT2D eigenvalue weighted by Gasteiger charge is -2.12. The number of halogens is 3. The molecule has 3 aromatic carbocycles. The largest absolute Gasteiger partial charge is 0.487 e. The van der Waals surface area contributed by atoms with Crippen molar-refractivity contribution in [2.24, 2.45) is 0 Å². The van der Waals surface area contributed by atoms with E-state index in [4.69, 9.17) is 16.3 Å². The molecule has 1 aromatic heterocycles. The number of para-hydroxylation sites is 1. The van der Waals surface area contributed by atoms with Gasteiger partial charge in [-0.05, 0) is 48.0 Å². The van der Waals surface area contributed by atoms with E-state index in [-0.39, 0.29) is 24.8 Å². The Bertz CT molecular complexity index is 1100. The molecule has 0 aliphatic heterocycles. The summed E-state index contributed by atoms with van der Waals surface area (Å²) in [7, 11) is 0. The maximum absolute atomic E-state index is 13.2. The van der Waals surface area contributed by atoms with Crippen LogP contribution in [0.15, 0.2) is 73.1 Å². The fourth-order valence-corrected chi connectivity index (χ4v) is 2.96. The molecule has 4 nitrogen and oxygen atoms in total. The first-order chi connectivity index (χ1) is 13.2. The second-order valence-corrected chi connectivity index (χ2v) is 6.34. The van der Waals surface area contributed by atoms with Crippen molar-refractivity contribution in [1.82, 2.24) is 9.97 Å². The standard InChI is InChI=1S/C21H15ClFN3O.ClH/c22-18-11-16(26-21-17-6-1-2-7-19(17)24-13-25-21)8-9-20(18)27-12-14-4-3-5-15(23)10-14;/h1-11,13H,12H2,(H,24,25,26);1H. The Morgan fingerprint density at radius 3 is 2.64 bits per heavy atom. The normalized spacial score (nSPS) is 10.4. The molecule has 28 heavy (non-hydrogen) atoms. The molecular formula is C21H16Cl2FN3O. The van der Waals surface area contributed by atoms with Crippen molar-refractivity contribution in [3.8, 4) is 5.75 Å². The number of nitrogens with one attached hydrogen (secondary N) is 1. The molecule has 0 atom stereocenters. The van der Waals surface area contributed by atoms with Crippen molar-refractivity contribution < 1.29 is 9.13 Å². The summed E-state index contributed by atoms with van der Waals surface area (Å²) in [6.45, 7) is 0.237. The van der Waals surface area contributed by atoms with Crippen LogP contribution in [0.5, 0.6) is 5.75 Å². The van der Waals surface area contributed by atoms with Gasteiger partial charge in [0.05, 0.1) is 10.5 Å². The molecule has 0 saturated heterocycles. The van der Waals surface area contributed by atoms with E-state index >= 15 is 0 Å². The molecule has 1 heterocycles. The maximum Gasteiger partial charge on any atom is 0.141 e. The van der Waals surface area contributed by atoms with Crippen LogP contribution in [0.3, 0.4) is 0 Å². The topological polar surface area (TPSA) is 47.0 Å². The number of hydrogen-bond donors (Lipinski definition) is 1. The van der Waals surface area contributed by atoms with E-state index in [2.05, 4.69) is 15.3 Å². The number of fused-ring (bicyclic) bond motifs is 1. The molecule has 0 unspecified atom stereocenters. The molecule has 0 bridgehead atoms. The predicted molar refractivity (Wildman–Crippen MR) is 112 cm³/mol. The van der Waals surface area contributed by atoms with E-state index in [0.717, 1.165) is 22.2 Å². The highest BCUT2D eigenvalue weighted by Gasteiger charge is 2.07. The van der Waals surface area contributed by atoms with E-state index in [0.29, 0.717) is 16.6 Å². The summed E-state index contributed by atoms with van der Waals surface area (Å²) in [6, 6.07) is 19.4. The Hall–Kier alpha value is -2.89. The summed E-state index contributed by atoms with van der Waals surface area (Å²) < 4.78 is 18.9. The van der Waals surface area contributed by atoms with Gasteiger partial charge in [0, 0.05) is 11.1 Å². The van der Waals surface area contributed by atoms with E-state index in [9.17, 15) is 4.39 Å². The number of aromatic nitrogens is 2. The van der Waals surface area contributed by atoms with Gasteiger partial charge in [0.15, 0.2) is 0 Å². The lowest BCUT2D eigenvalue weighted by atomic mass is 10.2. The van der Waals surface area contributed by atoms with E-state index < -0.39 is 0 Å². The van der Waals surface area contributed by atoms with Crippen molar-refractivity contribution in [3.63, 3.8) is 0 Å². The quantitative estimate of drug-likeness (QED) is 0.423. The number of anilines is 2. The second kappa shape index (κ2) is 8.87. The molecule has 4 aromatic rings. The van der Waals surface area contributed by atoms with Crippen LogP contribution in [0.2, 0.25) is 5.02 Å². The van der Waals surface area contributed by atoms with Crippen molar-refractivity contribution in [3.05, 3.63) is 89.5 Å². The summed E-state index contributed by atoms with van der Waals surface area (Å²) in [5.74, 6) is 0.933. The fraction of sp³-hybridized carbons (Fsp3) is 0.0476. The molecule has 4 rings (SSSR count). The third-order valence-corrected chi connectivity index (χ3v) is 4.32. The summed E-state index contributed by atoms with van der Waals surface area (Å²) >= 11 is 6.34. The van der Waals surface area contributed by atoms with Crippen LogP contribution in [-0.2, 0) is 6.61 Å². The zero-order valence-electron chi connectivity index (χ0n) is 14.6. The number of nitrogens with zero attached hydrogens (tertiary/aromatic N) is 2. The third-order valence-electron chi connectivity index (χ3n) is 4.02. The van der Waals surface area contributed by atoms with Crippen molar-refractivity contribution in [2.75, 3.05) is 5.32 Å². The van der Waals surface area contributed by atoms with Gasteiger partial charge >= 0.3 is 0 Å². The molecule has 0 aliphatic carbocycles. The second-order valence-electron chi connectivity index (χ2n) is 5.93. The molecule has 0 amide bonds.